The second-order valence-electron chi connectivity index (χ2n) is 7.43. The number of benzene rings is 1. The minimum atomic E-state index is 0.533. The number of amidine groups is 1. The Bertz CT molecular complexity index is 1060. The number of aliphatic imine (C=N–C) groups is 1. The van der Waals surface area contributed by atoms with E-state index in [1.165, 1.54) is 18.4 Å². The number of nitrogens with zero attached hydrogens (tertiary/aromatic N) is 3. The maximum atomic E-state index is 5.98. The van der Waals surface area contributed by atoms with Gasteiger partial charge in [0.05, 0.1) is 4.47 Å². The molecule has 0 aliphatic heterocycles. The molecule has 1 aromatic carbocycles. The Morgan fingerprint density at radius 1 is 1.34 bits per heavy atom. The second kappa shape index (κ2) is 11.7. The Balaban J connectivity index is 1.62. The average Bonchev–Trinajstić information content (AvgIpc) is 3.63. The van der Waals surface area contributed by atoms with E-state index >= 15 is 0 Å². The largest absolute Gasteiger partial charge is 0.350 e. The summed E-state index contributed by atoms with van der Waals surface area (Å²) in [5.41, 5.74) is 2.39. The third-order valence-electron chi connectivity index (χ3n) is 4.98. The summed E-state index contributed by atoms with van der Waals surface area (Å²) < 4.78 is 0.776. The summed E-state index contributed by atoms with van der Waals surface area (Å²) in [4.78, 5) is 15.4. The van der Waals surface area contributed by atoms with Gasteiger partial charge in [0.2, 0.25) is 5.95 Å². The van der Waals surface area contributed by atoms with E-state index in [1.807, 2.05) is 31.2 Å². The lowest BCUT2D eigenvalue weighted by Gasteiger charge is -2.13. The number of hydrogen-bond donors (Lipinski definition) is 2. The van der Waals surface area contributed by atoms with Crippen LogP contribution in [0.15, 0.2) is 69.1 Å². The maximum Gasteiger partial charge on any atom is 0.224 e. The highest BCUT2D eigenvalue weighted by Gasteiger charge is 2.23. The van der Waals surface area contributed by atoms with Crippen LogP contribution in [0.2, 0.25) is 5.02 Å². The normalized spacial score (nSPS) is 15.0. The zero-order chi connectivity index (χ0) is 23.1. The van der Waals surface area contributed by atoms with Crippen molar-refractivity contribution in [3.05, 3.63) is 74.7 Å². The van der Waals surface area contributed by atoms with Crippen molar-refractivity contribution in [3.8, 4) is 0 Å². The van der Waals surface area contributed by atoms with Gasteiger partial charge in [-0.15, -0.1) is 0 Å². The molecule has 32 heavy (non-hydrogen) atoms. The average molecular weight is 533 g/mol. The van der Waals surface area contributed by atoms with Crippen molar-refractivity contribution >= 4 is 61.8 Å². The number of aromatic nitrogens is 2. The molecule has 1 aromatic heterocycles. The number of rotatable bonds is 9. The van der Waals surface area contributed by atoms with Gasteiger partial charge in [0.15, 0.2) is 5.82 Å². The molecule has 2 aromatic rings. The first-order valence-electron chi connectivity index (χ1n) is 10.4. The van der Waals surface area contributed by atoms with Gasteiger partial charge >= 0.3 is 0 Å². The zero-order valence-electron chi connectivity index (χ0n) is 18.5. The number of nitrogens with one attached hydrogen (secondary N) is 2. The van der Waals surface area contributed by atoms with Crippen LogP contribution in [-0.2, 0) is 0 Å². The smallest absolute Gasteiger partial charge is 0.224 e. The van der Waals surface area contributed by atoms with E-state index in [1.54, 1.807) is 25.0 Å². The van der Waals surface area contributed by atoms with Crippen molar-refractivity contribution in [1.29, 1.82) is 0 Å². The molecule has 0 amide bonds. The van der Waals surface area contributed by atoms with Gasteiger partial charge in [-0.3, -0.25) is 4.99 Å². The fourth-order valence-electron chi connectivity index (χ4n) is 2.91. The van der Waals surface area contributed by atoms with E-state index in [0.717, 1.165) is 25.7 Å². The maximum absolute atomic E-state index is 5.98. The molecule has 1 aliphatic rings. The van der Waals surface area contributed by atoms with E-state index in [2.05, 4.69) is 67.2 Å². The summed E-state index contributed by atoms with van der Waals surface area (Å²) in [6.07, 6.45) is 8.42. The predicted molar refractivity (Wildman–Crippen MR) is 144 cm³/mol. The van der Waals surface area contributed by atoms with E-state index in [4.69, 9.17) is 11.6 Å². The molecule has 8 heteroatoms. The molecule has 0 radical (unpaired) electrons. The minimum absolute atomic E-state index is 0.533. The molecular weight excluding hydrogens is 506 g/mol. The SMILES string of the molecule is C=C(S/C(=C\C)CNc1ncc(Br)c(NC(/C=C(\C)C2CC2)=NC)n1)c1ccc(Cl)cc1. The molecule has 2 N–H and O–H groups in total. The van der Waals surface area contributed by atoms with Gasteiger partial charge < -0.3 is 10.6 Å². The van der Waals surface area contributed by atoms with Crippen LogP contribution in [0.4, 0.5) is 11.8 Å². The van der Waals surface area contributed by atoms with E-state index in [0.29, 0.717) is 29.3 Å². The lowest BCUT2D eigenvalue weighted by atomic mass is 10.2. The number of hydrogen-bond acceptors (Lipinski definition) is 5. The van der Waals surface area contributed by atoms with Gasteiger partial charge in [-0.1, -0.05) is 53.7 Å². The van der Waals surface area contributed by atoms with Crippen molar-refractivity contribution in [2.45, 2.75) is 26.7 Å². The lowest BCUT2D eigenvalue weighted by molar-refractivity contribution is 1.01. The molecule has 0 unspecified atom stereocenters. The standard InChI is InChI=1S/C24H27BrClN5S/c1-5-20(32-16(3)18-8-10-19(26)11-9-18)13-28-24-29-14-21(25)23(31-24)30-22(27-4)12-15(2)17-6-7-17/h5,8-12,14,17H,3,6-7,13H2,1-2,4H3,(H2,27,28,29,30,31)/b15-12+,20-5-. The highest BCUT2D eigenvalue weighted by Crippen LogP contribution is 2.36. The molecule has 168 valence electrons. The quantitative estimate of drug-likeness (QED) is 0.260. The van der Waals surface area contributed by atoms with Crippen LogP contribution >= 0.6 is 39.3 Å². The van der Waals surface area contributed by atoms with Crippen LogP contribution < -0.4 is 10.6 Å². The topological polar surface area (TPSA) is 62.2 Å². The van der Waals surface area contributed by atoms with Gasteiger partial charge in [-0.2, -0.15) is 4.98 Å². The lowest BCUT2D eigenvalue weighted by Crippen LogP contribution is -2.14. The van der Waals surface area contributed by atoms with Gasteiger partial charge in [-0.05, 0) is 72.3 Å². The molecule has 0 bridgehead atoms. The highest BCUT2D eigenvalue weighted by atomic mass is 79.9. The first-order valence-corrected chi connectivity index (χ1v) is 12.3. The molecule has 1 aliphatic carbocycles. The van der Waals surface area contributed by atoms with Crippen molar-refractivity contribution in [2.75, 3.05) is 24.2 Å². The van der Waals surface area contributed by atoms with Crippen LogP contribution in [0.3, 0.4) is 0 Å². The zero-order valence-corrected chi connectivity index (χ0v) is 21.6. The predicted octanol–water partition coefficient (Wildman–Crippen LogP) is 7.41. The second-order valence-corrected chi connectivity index (χ2v) is 9.94. The van der Waals surface area contributed by atoms with Gasteiger partial charge in [0.1, 0.15) is 5.84 Å². The van der Waals surface area contributed by atoms with E-state index < -0.39 is 0 Å². The molecule has 5 nitrogen and oxygen atoms in total. The number of halogens is 2. The summed E-state index contributed by atoms with van der Waals surface area (Å²) in [5, 5.41) is 7.32. The van der Waals surface area contributed by atoms with Crippen LogP contribution in [0.25, 0.3) is 4.91 Å². The van der Waals surface area contributed by atoms with Crippen molar-refractivity contribution in [2.24, 2.45) is 10.9 Å². The van der Waals surface area contributed by atoms with E-state index in [-0.39, 0.29) is 0 Å². The Morgan fingerprint density at radius 3 is 2.69 bits per heavy atom. The van der Waals surface area contributed by atoms with Crippen molar-refractivity contribution in [3.63, 3.8) is 0 Å². The summed E-state index contributed by atoms with van der Waals surface area (Å²) in [6, 6.07) is 7.69. The van der Waals surface area contributed by atoms with Crippen LogP contribution in [0.5, 0.6) is 0 Å². The Hall–Kier alpha value is -2.09. The molecule has 0 atom stereocenters. The summed E-state index contributed by atoms with van der Waals surface area (Å²) >= 11 is 11.1. The summed E-state index contributed by atoms with van der Waals surface area (Å²) in [6.45, 7) is 8.94. The number of anilines is 2. The molecule has 1 heterocycles. The van der Waals surface area contributed by atoms with Crippen LogP contribution in [0.1, 0.15) is 32.3 Å². The molecular formula is C24H27BrClN5S. The third-order valence-corrected chi connectivity index (χ3v) is 6.94. The first-order chi connectivity index (χ1) is 15.4. The molecule has 0 spiro atoms. The monoisotopic (exact) mass is 531 g/mol. The Labute approximate surface area is 207 Å². The fraction of sp³-hybridized carbons (Fsp3) is 0.292. The van der Waals surface area contributed by atoms with Crippen LogP contribution in [0, 0.1) is 5.92 Å². The van der Waals surface area contributed by atoms with Gasteiger partial charge in [0, 0.05) is 34.6 Å². The third kappa shape index (κ3) is 7.22. The van der Waals surface area contributed by atoms with Gasteiger partial charge in [0.25, 0.3) is 0 Å². The molecule has 3 rings (SSSR count). The molecule has 1 saturated carbocycles. The van der Waals surface area contributed by atoms with Crippen LogP contribution in [-0.4, -0.2) is 29.4 Å². The molecule has 0 saturated heterocycles. The highest BCUT2D eigenvalue weighted by molar-refractivity contribution is 9.10. The summed E-state index contributed by atoms with van der Waals surface area (Å²) in [7, 11) is 1.77. The Kier molecular flexibility index (Phi) is 8.96. The molecule has 1 fully saturated rings. The van der Waals surface area contributed by atoms with Crippen molar-refractivity contribution in [1.82, 2.24) is 9.97 Å². The van der Waals surface area contributed by atoms with Crippen molar-refractivity contribution < 1.29 is 0 Å². The van der Waals surface area contributed by atoms with E-state index in [9.17, 15) is 0 Å². The Morgan fingerprint density at radius 2 is 2.06 bits per heavy atom. The minimum Gasteiger partial charge on any atom is -0.350 e. The number of thioether (sulfide) groups is 1. The van der Waals surface area contributed by atoms with Gasteiger partial charge in [-0.25, -0.2) is 4.98 Å². The fourth-order valence-corrected chi connectivity index (χ4v) is 4.15. The summed E-state index contributed by atoms with van der Waals surface area (Å²) in [5.74, 6) is 2.68. The first kappa shape index (κ1) is 24.6. The number of allylic oxidation sites excluding steroid dienone is 2.